The first-order chi connectivity index (χ1) is 8.82. The Labute approximate surface area is 116 Å². The quantitative estimate of drug-likeness (QED) is 0.856. The predicted molar refractivity (Wildman–Crippen MR) is 82.5 cm³/mol. The van der Waals surface area contributed by atoms with Crippen LogP contribution in [0.15, 0.2) is 12.1 Å². The van der Waals surface area contributed by atoms with Gasteiger partial charge in [-0.25, -0.2) is 0 Å². The van der Waals surface area contributed by atoms with Crippen molar-refractivity contribution in [1.29, 1.82) is 0 Å². The van der Waals surface area contributed by atoms with Crippen LogP contribution in [0.25, 0.3) is 0 Å². The van der Waals surface area contributed by atoms with E-state index in [1.54, 1.807) is 7.11 Å². The smallest absolute Gasteiger partial charge is 0.144 e. The summed E-state index contributed by atoms with van der Waals surface area (Å²) in [5.41, 5.74) is 3.76. The van der Waals surface area contributed by atoms with E-state index in [1.807, 2.05) is 0 Å². The molecule has 1 aliphatic heterocycles. The molecule has 1 aromatic rings. The molecule has 0 bridgehead atoms. The van der Waals surface area contributed by atoms with E-state index in [4.69, 9.17) is 4.74 Å². The maximum atomic E-state index is 5.57. The minimum atomic E-state index is 0.118. The van der Waals surface area contributed by atoms with Crippen molar-refractivity contribution in [2.75, 3.05) is 17.7 Å². The van der Waals surface area contributed by atoms with E-state index in [0.29, 0.717) is 12.0 Å². The van der Waals surface area contributed by atoms with E-state index < -0.39 is 0 Å². The molecule has 0 saturated heterocycles. The molecule has 0 amide bonds. The van der Waals surface area contributed by atoms with Crippen molar-refractivity contribution in [1.82, 2.24) is 0 Å². The minimum absolute atomic E-state index is 0.118. The van der Waals surface area contributed by atoms with Crippen LogP contribution in [0.3, 0.4) is 0 Å². The Bertz CT molecular complexity index is 466. The third-order valence-corrected chi connectivity index (χ3v) is 3.62. The highest BCUT2D eigenvalue weighted by atomic mass is 16.5. The summed E-state index contributed by atoms with van der Waals surface area (Å²) in [6.45, 7) is 11.1. The molecule has 0 aliphatic carbocycles. The molecule has 0 spiro atoms. The Morgan fingerprint density at radius 3 is 2.63 bits per heavy atom. The first kappa shape index (κ1) is 14.0. The Hall–Kier alpha value is -1.38. The monoisotopic (exact) mass is 262 g/mol. The zero-order valence-corrected chi connectivity index (χ0v) is 12.9. The summed E-state index contributed by atoms with van der Waals surface area (Å²) >= 11 is 0. The molecule has 0 aromatic heterocycles. The van der Waals surface area contributed by atoms with Crippen LogP contribution in [0.5, 0.6) is 5.75 Å². The maximum absolute atomic E-state index is 5.57. The SMILES string of the molecule is COc1cc(NC(C)C)cc2c1NC(C)(C)CC2C. The zero-order chi connectivity index (χ0) is 14.2. The van der Waals surface area contributed by atoms with Gasteiger partial charge in [0, 0.05) is 23.3 Å². The maximum Gasteiger partial charge on any atom is 0.144 e. The van der Waals surface area contributed by atoms with E-state index >= 15 is 0 Å². The van der Waals surface area contributed by atoms with Crippen LogP contribution < -0.4 is 15.4 Å². The number of benzene rings is 1. The van der Waals surface area contributed by atoms with Gasteiger partial charge < -0.3 is 15.4 Å². The van der Waals surface area contributed by atoms with Crippen LogP contribution in [-0.2, 0) is 0 Å². The molecule has 0 radical (unpaired) electrons. The predicted octanol–water partition coefficient (Wildman–Crippen LogP) is 4.21. The molecular formula is C16H26N2O. The van der Waals surface area contributed by atoms with Crippen LogP contribution in [0.2, 0.25) is 0 Å². The highest BCUT2D eigenvalue weighted by Gasteiger charge is 2.31. The summed E-state index contributed by atoms with van der Waals surface area (Å²) in [5.74, 6) is 1.47. The standard InChI is InChI=1S/C16H26N2O/c1-10(2)17-12-7-13-11(3)9-16(4,5)18-15(13)14(8-12)19-6/h7-8,10-11,17-18H,9H2,1-6H3. The lowest BCUT2D eigenvalue weighted by atomic mass is 9.81. The topological polar surface area (TPSA) is 33.3 Å². The van der Waals surface area contributed by atoms with E-state index in [-0.39, 0.29) is 5.54 Å². The van der Waals surface area contributed by atoms with Gasteiger partial charge in [-0.05, 0) is 51.7 Å². The van der Waals surface area contributed by atoms with Crippen molar-refractivity contribution in [3.63, 3.8) is 0 Å². The fourth-order valence-corrected chi connectivity index (χ4v) is 3.00. The van der Waals surface area contributed by atoms with Crippen molar-refractivity contribution in [3.05, 3.63) is 17.7 Å². The number of methoxy groups -OCH3 is 1. The first-order valence-corrected chi connectivity index (χ1v) is 7.09. The largest absolute Gasteiger partial charge is 0.495 e. The molecule has 3 heteroatoms. The van der Waals surface area contributed by atoms with Gasteiger partial charge in [-0.2, -0.15) is 0 Å². The number of ether oxygens (including phenoxy) is 1. The molecular weight excluding hydrogens is 236 g/mol. The fraction of sp³-hybridized carbons (Fsp3) is 0.625. The van der Waals surface area contributed by atoms with Gasteiger partial charge in [0.2, 0.25) is 0 Å². The van der Waals surface area contributed by atoms with Crippen molar-refractivity contribution in [3.8, 4) is 5.75 Å². The van der Waals surface area contributed by atoms with Crippen molar-refractivity contribution in [2.24, 2.45) is 0 Å². The second-order valence-corrected chi connectivity index (χ2v) is 6.56. The number of rotatable bonds is 3. The normalized spacial score (nSPS) is 20.7. The van der Waals surface area contributed by atoms with Gasteiger partial charge in [-0.3, -0.25) is 0 Å². The van der Waals surface area contributed by atoms with Gasteiger partial charge in [0.25, 0.3) is 0 Å². The highest BCUT2D eigenvalue weighted by Crippen LogP contribution is 2.45. The summed E-state index contributed by atoms with van der Waals surface area (Å²) in [7, 11) is 1.74. The number of hydrogen-bond donors (Lipinski definition) is 2. The number of fused-ring (bicyclic) bond motifs is 1. The van der Waals surface area contributed by atoms with Gasteiger partial charge in [0.05, 0.1) is 12.8 Å². The van der Waals surface area contributed by atoms with Gasteiger partial charge in [0.15, 0.2) is 0 Å². The summed E-state index contributed by atoms with van der Waals surface area (Å²) in [6.07, 6.45) is 1.13. The van der Waals surface area contributed by atoms with Crippen LogP contribution in [-0.4, -0.2) is 18.7 Å². The van der Waals surface area contributed by atoms with Crippen molar-refractivity contribution >= 4 is 11.4 Å². The molecule has 1 heterocycles. The summed E-state index contributed by atoms with van der Waals surface area (Å²) in [5, 5.41) is 7.08. The summed E-state index contributed by atoms with van der Waals surface area (Å²) < 4.78 is 5.57. The zero-order valence-electron chi connectivity index (χ0n) is 12.9. The molecule has 1 aliphatic rings. The Kier molecular flexibility index (Phi) is 3.66. The number of nitrogens with one attached hydrogen (secondary N) is 2. The second-order valence-electron chi connectivity index (χ2n) is 6.56. The Morgan fingerprint density at radius 1 is 1.37 bits per heavy atom. The summed E-state index contributed by atoms with van der Waals surface area (Å²) in [6, 6.07) is 4.76. The van der Waals surface area contributed by atoms with Crippen LogP contribution in [0.1, 0.15) is 52.5 Å². The Morgan fingerprint density at radius 2 is 2.05 bits per heavy atom. The number of hydrogen-bond acceptors (Lipinski definition) is 3. The van der Waals surface area contributed by atoms with Crippen LogP contribution in [0.4, 0.5) is 11.4 Å². The fourth-order valence-electron chi connectivity index (χ4n) is 3.00. The second kappa shape index (κ2) is 4.95. The third-order valence-electron chi connectivity index (χ3n) is 3.62. The van der Waals surface area contributed by atoms with Gasteiger partial charge >= 0.3 is 0 Å². The average Bonchev–Trinajstić information content (AvgIpc) is 2.27. The van der Waals surface area contributed by atoms with E-state index in [9.17, 15) is 0 Å². The molecule has 19 heavy (non-hydrogen) atoms. The average molecular weight is 262 g/mol. The lowest BCUT2D eigenvalue weighted by Crippen LogP contribution is -2.36. The molecule has 2 rings (SSSR count). The van der Waals surface area contributed by atoms with Crippen LogP contribution >= 0.6 is 0 Å². The molecule has 1 unspecified atom stereocenters. The van der Waals surface area contributed by atoms with Gasteiger partial charge in [0.1, 0.15) is 5.75 Å². The van der Waals surface area contributed by atoms with Gasteiger partial charge in [-0.15, -0.1) is 0 Å². The van der Waals surface area contributed by atoms with Gasteiger partial charge in [-0.1, -0.05) is 6.92 Å². The molecule has 0 fully saturated rings. The minimum Gasteiger partial charge on any atom is -0.495 e. The van der Waals surface area contributed by atoms with Crippen molar-refractivity contribution in [2.45, 2.75) is 58.5 Å². The lowest BCUT2D eigenvalue weighted by molar-refractivity contribution is 0.403. The van der Waals surface area contributed by atoms with E-state index in [1.165, 1.54) is 5.56 Å². The number of anilines is 2. The first-order valence-electron chi connectivity index (χ1n) is 7.09. The molecule has 0 saturated carbocycles. The molecule has 3 nitrogen and oxygen atoms in total. The highest BCUT2D eigenvalue weighted by molar-refractivity contribution is 5.71. The lowest BCUT2D eigenvalue weighted by Gasteiger charge is -2.38. The van der Waals surface area contributed by atoms with Crippen molar-refractivity contribution < 1.29 is 4.74 Å². The van der Waals surface area contributed by atoms with Crippen LogP contribution in [0, 0.1) is 0 Å². The molecule has 1 atom stereocenters. The third kappa shape index (κ3) is 2.96. The Balaban J connectivity index is 2.46. The molecule has 106 valence electrons. The summed E-state index contributed by atoms with van der Waals surface area (Å²) in [4.78, 5) is 0. The van der Waals surface area contributed by atoms with E-state index in [2.05, 4.69) is 57.4 Å². The molecule has 1 aromatic carbocycles. The molecule has 2 N–H and O–H groups in total. The van der Waals surface area contributed by atoms with E-state index in [0.717, 1.165) is 23.5 Å².